The first-order valence-electron chi connectivity index (χ1n) is 15.4. The lowest BCUT2D eigenvalue weighted by atomic mass is 10.0. The summed E-state index contributed by atoms with van der Waals surface area (Å²) in [7, 11) is -3.80. The number of amides is 3. The minimum atomic E-state index is -3.80. The van der Waals surface area contributed by atoms with E-state index in [1.54, 1.807) is 13.0 Å². The highest BCUT2D eigenvalue weighted by Gasteiger charge is 2.30. The highest BCUT2D eigenvalue weighted by Crippen LogP contribution is 2.26. The third-order valence-corrected chi connectivity index (χ3v) is 11.2. The largest absolute Gasteiger partial charge is 0.354 e. The third-order valence-electron chi connectivity index (χ3n) is 7.57. The predicted molar refractivity (Wildman–Crippen MR) is 172 cm³/mol. The maximum absolute atomic E-state index is 13.8. The van der Waals surface area contributed by atoms with Crippen LogP contribution in [0.4, 0.5) is 0 Å². The average Bonchev–Trinajstić information content (AvgIpc) is 3.63. The van der Waals surface area contributed by atoms with Gasteiger partial charge in [0.1, 0.15) is 22.6 Å². The molecule has 0 saturated carbocycles. The molecule has 0 aliphatic carbocycles. The monoisotopic (exact) mass is 657 g/mol. The van der Waals surface area contributed by atoms with Gasteiger partial charge < -0.3 is 16.0 Å². The van der Waals surface area contributed by atoms with E-state index >= 15 is 0 Å². The Morgan fingerprint density at radius 2 is 1.73 bits per heavy atom. The molecule has 3 amide bonds. The number of carbonyl (C=O) groups excluding carboxylic acids is 3. The molecule has 12 nitrogen and oxygen atoms in total. The second-order valence-corrected chi connectivity index (χ2v) is 14.8. The van der Waals surface area contributed by atoms with Crippen molar-refractivity contribution in [2.75, 3.05) is 19.6 Å². The van der Waals surface area contributed by atoms with Crippen molar-refractivity contribution in [2.45, 2.75) is 82.6 Å². The van der Waals surface area contributed by atoms with Crippen LogP contribution in [0.15, 0.2) is 46.7 Å². The van der Waals surface area contributed by atoms with Gasteiger partial charge in [-0.1, -0.05) is 51.1 Å². The van der Waals surface area contributed by atoms with Crippen LogP contribution in [0.3, 0.4) is 0 Å². The predicted octanol–water partition coefficient (Wildman–Crippen LogP) is 2.74. The van der Waals surface area contributed by atoms with Crippen LogP contribution in [0.5, 0.6) is 0 Å². The van der Waals surface area contributed by atoms with E-state index in [9.17, 15) is 22.8 Å². The number of thiophene rings is 1. The standard InChI is InChI=1S/C31H43N7O5S2/c1-5-24-14-15-28(44-24)45(42,43)37-17-9-13-26(39)34-25(19-23-11-7-6-8-12-23)31(41)35-29(21(2)3)30-33-22(4)36-38(30)20-27(40)32-16-10-18-37/h6-8,11-12,14-15,21,25,29H,5,9-10,13,16-20H2,1-4H3,(H,32,40)(H,34,39)(H,35,41)/t25-,29+/m1/s1. The Labute approximate surface area is 269 Å². The van der Waals surface area contributed by atoms with Gasteiger partial charge in [-0.3, -0.25) is 14.4 Å². The first-order chi connectivity index (χ1) is 21.5. The summed E-state index contributed by atoms with van der Waals surface area (Å²) < 4.78 is 30.3. The summed E-state index contributed by atoms with van der Waals surface area (Å²) in [5.41, 5.74) is 0.872. The lowest BCUT2D eigenvalue weighted by Gasteiger charge is -2.26. The quantitative estimate of drug-likeness (QED) is 0.368. The number of hydrogen-bond donors (Lipinski definition) is 3. The molecule has 1 aromatic carbocycles. The van der Waals surface area contributed by atoms with Crippen LogP contribution in [-0.2, 0) is 43.8 Å². The summed E-state index contributed by atoms with van der Waals surface area (Å²) in [6.45, 7) is 8.00. The van der Waals surface area contributed by atoms with Crippen molar-refractivity contribution in [2.24, 2.45) is 5.92 Å². The van der Waals surface area contributed by atoms with E-state index in [0.717, 1.165) is 16.9 Å². The zero-order chi connectivity index (χ0) is 32.6. The number of fused-ring (bicyclic) bond motifs is 1. The molecule has 1 aliphatic heterocycles. The summed E-state index contributed by atoms with van der Waals surface area (Å²) >= 11 is 1.24. The van der Waals surface area contributed by atoms with Gasteiger partial charge in [0, 0.05) is 37.4 Å². The molecule has 14 heteroatoms. The van der Waals surface area contributed by atoms with Crippen LogP contribution in [0.1, 0.15) is 68.2 Å². The van der Waals surface area contributed by atoms with Crippen molar-refractivity contribution in [1.29, 1.82) is 0 Å². The van der Waals surface area contributed by atoms with E-state index in [1.807, 2.05) is 57.2 Å². The number of benzene rings is 1. The number of sulfonamides is 1. The molecular formula is C31H43N7O5S2. The number of carbonyl (C=O) groups is 3. The van der Waals surface area contributed by atoms with E-state index in [0.29, 0.717) is 18.1 Å². The molecule has 2 aromatic heterocycles. The van der Waals surface area contributed by atoms with Gasteiger partial charge in [-0.05, 0) is 49.8 Å². The minimum Gasteiger partial charge on any atom is -0.354 e. The molecule has 0 saturated heterocycles. The zero-order valence-electron chi connectivity index (χ0n) is 26.3. The fraction of sp³-hybridized carbons (Fsp3) is 0.516. The van der Waals surface area contributed by atoms with E-state index in [2.05, 4.69) is 26.0 Å². The number of aromatic nitrogens is 3. The summed E-state index contributed by atoms with van der Waals surface area (Å²) in [6, 6.07) is 11.4. The minimum absolute atomic E-state index is 0.0348. The van der Waals surface area contributed by atoms with Gasteiger partial charge in [-0.15, -0.1) is 11.3 Å². The SMILES string of the molecule is CCc1ccc(S(=O)(=O)N2CCCNC(=O)Cn3nc(C)nc3[C@H](C(C)C)NC(=O)[C@@H](Cc3ccccc3)NC(=O)CCC2)s1. The van der Waals surface area contributed by atoms with Gasteiger partial charge in [0.25, 0.3) is 10.0 Å². The molecule has 244 valence electrons. The van der Waals surface area contributed by atoms with Crippen LogP contribution < -0.4 is 16.0 Å². The number of nitrogens with one attached hydrogen (secondary N) is 3. The van der Waals surface area contributed by atoms with E-state index in [-0.39, 0.29) is 67.4 Å². The second-order valence-electron chi connectivity index (χ2n) is 11.5. The van der Waals surface area contributed by atoms with Crippen LogP contribution in [0.25, 0.3) is 0 Å². The van der Waals surface area contributed by atoms with Gasteiger partial charge in [-0.25, -0.2) is 18.1 Å². The van der Waals surface area contributed by atoms with Crippen molar-refractivity contribution >= 4 is 39.1 Å². The first kappa shape index (κ1) is 34.3. The van der Waals surface area contributed by atoms with Crippen molar-refractivity contribution in [3.05, 3.63) is 64.6 Å². The van der Waals surface area contributed by atoms with Crippen LogP contribution in [-0.4, -0.2) is 70.9 Å². The Morgan fingerprint density at radius 1 is 1.00 bits per heavy atom. The Hall–Kier alpha value is -3.62. The normalized spacial score (nSPS) is 20.1. The van der Waals surface area contributed by atoms with Crippen LogP contribution in [0, 0.1) is 12.8 Å². The highest BCUT2D eigenvalue weighted by molar-refractivity contribution is 7.91. The van der Waals surface area contributed by atoms with Gasteiger partial charge in [-0.2, -0.15) is 9.40 Å². The van der Waals surface area contributed by atoms with Gasteiger partial charge in [0.05, 0.1) is 6.04 Å². The van der Waals surface area contributed by atoms with Crippen molar-refractivity contribution in [3.8, 4) is 0 Å². The van der Waals surface area contributed by atoms with Crippen molar-refractivity contribution in [3.63, 3.8) is 0 Å². The highest BCUT2D eigenvalue weighted by atomic mass is 32.2. The topological polar surface area (TPSA) is 155 Å². The molecule has 2 atom stereocenters. The molecule has 1 aliphatic rings. The molecule has 0 unspecified atom stereocenters. The Balaban J connectivity index is 1.62. The Kier molecular flexibility index (Phi) is 11.9. The van der Waals surface area contributed by atoms with Gasteiger partial charge in [0.15, 0.2) is 5.82 Å². The number of hydrogen-bond acceptors (Lipinski definition) is 8. The molecule has 3 heterocycles. The van der Waals surface area contributed by atoms with Crippen LogP contribution in [0.2, 0.25) is 0 Å². The Morgan fingerprint density at radius 3 is 2.42 bits per heavy atom. The van der Waals surface area contributed by atoms with E-state index < -0.39 is 28.0 Å². The van der Waals surface area contributed by atoms with Gasteiger partial charge in [0.2, 0.25) is 17.7 Å². The molecule has 0 spiro atoms. The van der Waals surface area contributed by atoms with E-state index in [4.69, 9.17) is 0 Å². The molecule has 45 heavy (non-hydrogen) atoms. The zero-order valence-corrected chi connectivity index (χ0v) is 27.9. The molecular weight excluding hydrogens is 615 g/mol. The fourth-order valence-corrected chi connectivity index (χ4v) is 8.15. The van der Waals surface area contributed by atoms with Crippen molar-refractivity contribution < 1.29 is 22.8 Å². The second kappa shape index (κ2) is 15.6. The summed E-state index contributed by atoms with van der Waals surface area (Å²) in [4.78, 5) is 45.4. The summed E-state index contributed by atoms with van der Waals surface area (Å²) in [6.07, 6.45) is 1.68. The first-order valence-corrected chi connectivity index (χ1v) is 17.6. The molecule has 0 fully saturated rings. The lowest BCUT2D eigenvalue weighted by Crippen LogP contribution is -2.50. The van der Waals surface area contributed by atoms with Crippen LogP contribution >= 0.6 is 11.3 Å². The number of rotatable bonds is 6. The summed E-state index contributed by atoms with van der Waals surface area (Å²) in [5, 5.41) is 13.2. The Bertz CT molecular complexity index is 1570. The maximum atomic E-state index is 13.8. The number of nitrogens with zero attached hydrogens (tertiary/aromatic N) is 4. The molecule has 0 bridgehead atoms. The molecule has 4 rings (SSSR count). The van der Waals surface area contributed by atoms with Gasteiger partial charge >= 0.3 is 0 Å². The third kappa shape index (κ3) is 9.21. The fourth-order valence-electron chi connectivity index (χ4n) is 5.18. The maximum Gasteiger partial charge on any atom is 0.252 e. The lowest BCUT2D eigenvalue weighted by molar-refractivity contribution is -0.129. The number of aryl methyl sites for hydroxylation is 2. The smallest absolute Gasteiger partial charge is 0.252 e. The average molecular weight is 658 g/mol. The molecule has 3 aromatic rings. The molecule has 0 radical (unpaired) electrons. The van der Waals surface area contributed by atoms with Crippen molar-refractivity contribution in [1.82, 2.24) is 35.0 Å². The molecule has 3 N–H and O–H groups in total. The summed E-state index contributed by atoms with van der Waals surface area (Å²) in [5.74, 6) is -0.234. The van der Waals surface area contributed by atoms with E-state index in [1.165, 1.54) is 20.3 Å².